The predicted molar refractivity (Wildman–Crippen MR) is 146 cm³/mol. The van der Waals surface area contributed by atoms with E-state index in [0.29, 0.717) is 36.9 Å². The molecule has 0 saturated carbocycles. The van der Waals surface area contributed by atoms with Crippen LogP contribution in [0.3, 0.4) is 0 Å². The van der Waals surface area contributed by atoms with Gasteiger partial charge in [-0.1, -0.05) is 54.1 Å². The van der Waals surface area contributed by atoms with Crippen molar-refractivity contribution in [2.24, 2.45) is 11.7 Å². The van der Waals surface area contributed by atoms with Crippen LogP contribution in [-0.4, -0.2) is 33.3 Å². The molecule has 0 amide bonds. The average Bonchev–Trinajstić information content (AvgIpc) is 2.87. The maximum absolute atomic E-state index is 14.4. The lowest BCUT2D eigenvalue weighted by Gasteiger charge is -2.25. The molecule has 208 valence electrons. The molecule has 4 rings (SSSR count). The molecule has 0 fully saturated rings. The molecule has 0 radical (unpaired) electrons. The number of hydrogen-bond donors (Lipinski definition) is 3. The van der Waals surface area contributed by atoms with E-state index in [1.165, 1.54) is 24.3 Å². The Balaban J connectivity index is 0.00000420. The Bertz CT molecular complexity index is 1340. The van der Waals surface area contributed by atoms with Gasteiger partial charge in [0, 0.05) is 16.7 Å². The molecule has 1 aliphatic carbocycles. The summed E-state index contributed by atoms with van der Waals surface area (Å²) >= 11 is 6.13. The number of nitrogens with two attached hydrogens (primary N) is 2. The third kappa shape index (κ3) is 7.62. The summed E-state index contributed by atoms with van der Waals surface area (Å²) in [6.07, 6.45) is -3.17. The number of rotatable bonds is 8. The van der Waals surface area contributed by atoms with Gasteiger partial charge in [0.15, 0.2) is 0 Å². The van der Waals surface area contributed by atoms with Crippen molar-refractivity contribution in [1.82, 2.24) is 9.97 Å². The monoisotopic (exact) mass is 582 g/mol. The van der Waals surface area contributed by atoms with Crippen LogP contribution in [0.4, 0.5) is 19.1 Å². The van der Waals surface area contributed by atoms with Gasteiger partial charge in [0.25, 0.3) is 0 Å². The third-order valence-corrected chi connectivity index (χ3v) is 6.63. The maximum Gasteiger partial charge on any atom is 0.429 e. The molecule has 3 atom stereocenters. The van der Waals surface area contributed by atoms with Gasteiger partial charge < -0.3 is 21.3 Å². The van der Waals surface area contributed by atoms with Crippen LogP contribution in [0.5, 0.6) is 5.88 Å². The number of carbonyl (C=O) groups is 1. The van der Waals surface area contributed by atoms with Gasteiger partial charge in [-0.3, -0.25) is 4.79 Å². The van der Waals surface area contributed by atoms with Crippen molar-refractivity contribution < 1.29 is 27.8 Å². The van der Waals surface area contributed by atoms with Crippen LogP contribution in [0.25, 0.3) is 16.7 Å². The van der Waals surface area contributed by atoms with Crippen LogP contribution >= 0.6 is 24.0 Å². The number of alkyl halides is 3. The summed E-state index contributed by atoms with van der Waals surface area (Å²) in [5, 5.41) is 9.32. The summed E-state index contributed by atoms with van der Waals surface area (Å²) in [5.74, 6) is -1.52. The van der Waals surface area contributed by atoms with E-state index in [-0.39, 0.29) is 46.3 Å². The Hall–Kier alpha value is -3.34. The summed E-state index contributed by atoms with van der Waals surface area (Å²) in [7, 11) is 0. The molecule has 7 nitrogen and oxygen atoms in total. The molecular formula is C27H27Cl2F3N4O3. The van der Waals surface area contributed by atoms with Gasteiger partial charge in [-0.15, -0.1) is 12.4 Å². The first-order chi connectivity index (χ1) is 18.0. The normalized spacial score (nSPS) is 16.9. The number of nitrogen functional groups attached to an aromatic ring is 1. The van der Waals surface area contributed by atoms with Crippen LogP contribution in [0, 0.1) is 5.92 Å². The number of carboxylic acids is 1. The smallest absolute Gasteiger partial charge is 0.429 e. The molecule has 0 bridgehead atoms. The zero-order chi connectivity index (χ0) is 27.4. The van der Waals surface area contributed by atoms with Gasteiger partial charge in [0.05, 0.1) is 5.69 Å². The molecule has 2 aromatic carbocycles. The summed E-state index contributed by atoms with van der Waals surface area (Å²) in [6.45, 7) is 0. The number of aliphatic carboxylic acids is 1. The fourth-order valence-electron chi connectivity index (χ4n) is 4.52. The molecule has 5 N–H and O–H groups in total. The van der Waals surface area contributed by atoms with Crippen LogP contribution in [0.2, 0.25) is 5.02 Å². The Kier molecular flexibility index (Phi) is 9.82. The Morgan fingerprint density at radius 3 is 2.49 bits per heavy atom. The van der Waals surface area contributed by atoms with E-state index in [1.807, 2.05) is 6.08 Å². The second-order valence-electron chi connectivity index (χ2n) is 9.14. The SMILES string of the molecule is Cl.Nc1nc(OC(c2ccc(Cl)cc2-c2ccccc2)C(F)(F)F)cc(C2=CCC(CC(N)C(=O)O)CC2)n1. The van der Waals surface area contributed by atoms with Gasteiger partial charge in [-0.2, -0.15) is 18.2 Å². The second-order valence-corrected chi connectivity index (χ2v) is 9.57. The molecule has 1 aliphatic rings. The number of ether oxygens (including phenoxy) is 1. The van der Waals surface area contributed by atoms with Crippen molar-refractivity contribution in [1.29, 1.82) is 0 Å². The minimum Gasteiger partial charge on any atom is -0.480 e. The Morgan fingerprint density at radius 2 is 1.87 bits per heavy atom. The Labute approximate surface area is 234 Å². The summed E-state index contributed by atoms with van der Waals surface area (Å²) in [4.78, 5) is 19.1. The molecular weight excluding hydrogens is 556 g/mol. The lowest BCUT2D eigenvalue weighted by molar-refractivity contribution is -0.198. The minimum absolute atomic E-state index is 0. The highest BCUT2D eigenvalue weighted by Crippen LogP contribution is 2.42. The minimum atomic E-state index is -4.78. The molecule has 3 aromatic rings. The van der Waals surface area contributed by atoms with E-state index in [9.17, 15) is 18.0 Å². The van der Waals surface area contributed by atoms with Crippen molar-refractivity contribution in [3.05, 3.63) is 77.0 Å². The van der Waals surface area contributed by atoms with Crippen molar-refractivity contribution in [3.63, 3.8) is 0 Å². The van der Waals surface area contributed by atoms with Gasteiger partial charge in [0.1, 0.15) is 6.04 Å². The lowest BCUT2D eigenvalue weighted by atomic mass is 9.84. The van der Waals surface area contributed by atoms with Crippen molar-refractivity contribution in [3.8, 4) is 17.0 Å². The number of benzene rings is 2. The topological polar surface area (TPSA) is 124 Å². The lowest BCUT2D eigenvalue weighted by Crippen LogP contribution is -2.32. The summed E-state index contributed by atoms with van der Waals surface area (Å²) in [6, 6.07) is 13.1. The maximum atomic E-state index is 14.4. The first-order valence-electron chi connectivity index (χ1n) is 11.9. The van der Waals surface area contributed by atoms with Crippen molar-refractivity contribution in [2.45, 2.75) is 44.0 Å². The molecule has 0 spiro atoms. The van der Waals surface area contributed by atoms with Crippen molar-refractivity contribution >= 4 is 41.5 Å². The fourth-order valence-corrected chi connectivity index (χ4v) is 4.69. The first kappa shape index (κ1) is 30.2. The van der Waals surface area contributed by atoms with E-state index in [4.69, 9.17) is 32.9 Å². The van der Waals surface area contributed by atoms with E-state index < -0.39 is 24.3 Å². The van der Waals surface area contributed by atoms with Crippen molar-refractivity contribution in [2.75, 3.05) is 5.73 Å². The van der Waals surface area contributed by atoms with E-state index >= 15 is 0 Å². The second kappa shape index (κ2) is 12.7. The standard InChI is InChI=1S/C27H26ClF3N4O3.ClH/c28-18-10-11-19(20(13-18)16-4-2-1-3-5-16)24(27(29,30)31)38-23-14-22(34-26(33)35-23)17-8-6-15(7-9-17)12-21(32)25(36)37;/h1-5,8,10-11,13-15,21,24H,6-7,9,12,32H2,(H,36,37)(H2,33,34,35);1H. The number of carboxylic acid groups (broad SMARTS) is 1. The van der Waals surface area contributed by atoms with Crippen LogP contribution < -0.4 is 16.2 Å². The number of hydrogen-bond acceptors (Lipinski definition) is 6. The van der Waals surface area contributed by atoms with Crippen LogP contribution in [0.1, 0.15) is 43.0 Å². The summed E-state index contributed by atoms with van der Waals surface area (Å²) < 4.78 is 48.5. The summed E-state index contributed by atoms with van der Waals surface area (Å²) in [5.41, 5.74) is 13.3. The van der Waals surface area contributed by atoms with E-state index in [2.05, 4.69) is 9.97 Å². The van der Waals surface area contributed by atoms with Gasteiger partial charge in [-0.05, 0) is 60.4 Å². The Morgan fingerprint density at radius 1 is 1.15 bits per heavy atom. The molecule has 39 heavy (non-hydrogen) atoms. The molecule has 12 heteroatoms. The van der Waals surface area contributed by atoms with E-state index in [0.717, 1.165) is 5.57 Å². The van der Waals surface area contributed by atoms with Gasteiger partial charge in [0.2, 0.25) is 17.9 Å². The number of nitrogens with zero attached hydrogens (tertiary/aromatic N) is 2. The quantitative estimate of drug-likeness (QED) is 0.278. The number of anilines is 1. The third-order valence-electron chi connectivity index (χ3n) is 6.39. The van der Waals surface area contributed by atoms with Gasteiger partial charge in [-0.25, -0.2) is 4.98 Å². The molecule has 0 saturated heterocycles. The highest BCUT2D eigenvalue weighted by Gasteiger charge is 2.44. The predicted octanol–water partition coefficient (Wildman–Crippen LogP) is 6.47. The molecule has 1 heterocycles. The molecule has 0 aliphatic heterocycles. The van der Waals surface area contributed by atoms with Crippen LogP contribution in [0.15, 0.2) is 60.7 Å². The average molecular weight is 583 g/mol. The highest BCUT2D eigenvalue weighted by molar-refractivity contribution is 6.30. The highest BCUT2D eigenvalue weighted by atomic mass is 35.5. The van der Waals surface area contributed by atoms with Crippen LogP contribution in [-0.2, 0) is 4.79 Å². The number of aromatic nitrogens is 2. The zero-order valence-corrected chi connectivity index (χ0v) is 22.1. The fraction of sp³-hybridized carbons (Fsp3) is 0.296. The first-order valence-corrected chi connectivity index (χ1v) is 12.3. The molecule has 3 unspecified atom stereocenters. The van der Waals surface area contributed by atoms with E-state index in [1.54, 1.807) is 30.3 Å². The zero-order valence-electron chi connectivity index (χ0n) is 20.6. The largest absolute Gasteiger partial charge is 0.480 e. The number of allylic oxidation sites excluding steroid dienone is 2. The molecule has 1 aromatic heterocycles. The van der Waals surface area contributed by atoms with Gasteiger partial charge >= 0.3 is 12.1 Å². The number of halogens is 5.